The van der Waals surface area contributed by atoms with Crippen LogP contribution in [0.5, 0.6) is 5.75 Å². The van der Waals surface area contributed by atoms with Crippen LogP contribution in [-0.4, -0.2) is 45.7 Å². The van der Waals surface area contributed by atoms with E-state index in [0.29, 0.717) is 18.7 Å². The van der Waals surface area contributed by atoms with E-state index in [1.807, 2.05) is 24.3 Å². The van der Waals surface area contributed by atoms with Crippen LogP contribution < -0.4 is 21.3 Å². The molecule has 28 heavy (non-hydrogen) atoms. The zero-order valence-corrected chi connectivity index (χ0v) is 16.1. The lowest BCUT2D eigenvalue weighted by Gasteiger charge is -2.30. The molecule has 1 aromatic heterocycles. The summed E-state index contributed by atoms with van der Waals surface area (Å²) in [5.74, 6) is 0.311. The molecule has 0 aliphatic carbocycles. The largest absolute Gasteiger partial charge is 0.492 e. The molecule has 1 fully saturated rings. The van der Waals surface area contributed by atoms with E-state index in [1.54, 1.807) is 11.9 Å². The van der Waals surface area contributed by atoms with Crippen molar-refractivity contribution in [2.24, 2.45) is 14.1 Å². The Kier molecular flexibility index (Phi) is 4.80. The van der Waals surface area contributed by atoms with Gasteiger partial charge in [-0.3, -0.25) is 14.2 Å². The lowest BCUT2D eigenvalue weighted by Crippen LogP contribution is -2.46. The number of carbonyl (C=O) groups excluding carboxylic acids is 1. The molecule has 2 aromatic rings. The van der Waals surface area contributed by atoms with Crippen LogP contribution >= 0.6 is 0 Å². The molecule has 8 nitrogen and oxygen atoms in total. The van der Waals surface area contributed by atoms with Gasteiger partial charge >= 0.3 is 5.69 Å². The third kappa shape index (κ3) is 3.13. The van der Waals surface area contributed by atoms with Crippen molar-refractivity contribution < 1.29 is 9.53 Å². The van der Waals surface area contributed by atoms with E-state index in [2.05, 4.69) is 5.32 Å². The molecule has 0 radical (unpaired) electrons. The number of hydrogen-bond donors (Lipinski definition) is 1. The second-order valence-electron chi connectivity index (χ2n) is 7.43. The normalized spacial score (nSPS) is 20.6. The van der Waals surface area contributed by atoms with Crippen molar-refractivity contribution >= 4 is 5.91 Å². The van der Waals surface area contributed by atoms with Crippen LogP contribution in [0.25, 0.3) is 0 Å². The molecule has 2 atom stereocenters. The zero-order valence-electron chi connectivity index (χ0n) is 16.1. The van der Waals surface area contributed by atoms with Crippen molar-refractivity contribution in [3.05, 3.63) is 62.4 Å². The fraction of sp³-hybridized carbons (Fsp3) is 0.450. The SMILES string of the molecule is Cn1cc(CN(C(=O)C2COc3ccccc32)C2CCNC2)c(=O)n(C)c1=O. The van der Waals surface area contributed by atoms with Crippen LogP contribution in [0, 0.1) is 0 Å². The molecule has 4 rings (SSSR count). The van der Waals surface area contributed by atoms with Crippen molar-refractivity contribution in [3.63, 3.8) is 0 Å². The van der Waals surface area contributed by atoms with Crippen LogP contribution in [-0.2, 0) is 25.4 Å². The number of rotatable bonds is 4. The number of hydrogen-bond acceptors (Lipinski definition) is 5. The summed E-state index contributed by atoms with van der Waals surface area (Å²) in [6.07, 6.45) is 2.36. The Morgan fingerprint density at radius 1 is 1.29 bits per heavy atom. The van der Waals surface area contributed by atoms with Crippen molar-refractivity contribution in [2.45, 2.75) is 24.9 Å². The number of nitrogens with one attached hydrogen (secondary N) is 1. The molecule has 148 valence electrons. The van der Waals surface area contributed by atoms with Crippen molar-refractivity contribution in [1.82, 2.24) is 19.4 Å². The molecule has 8 heteroatoms. The first-order chi connectivity index (χ1) is 13.5. The summed E-state index contributed by atoms with van der Waals surface area (Å²) in [6, 6.07) is 7.58. The standard InChI is InChI=1S/C20H24N4O4/c1-22-10-13(18(25)23(2)20(22)27)11-24(14-7-8-21-9-14)19(26)16-12-28-17-6-4-3-5-15(16)17/h3-6,10,14,16,21H,7-9,11-12H2,1-2H3. The molecule has 3 heterocycles. The first-order valence-corrected chi connectivity index (χ1v) is 9.46. The maximum absolute atomic E-state index is 13.5. The molecule has 0 bridgehead atoms. The molecule has 0 spiro atoms. The number of aromatic nitrogens is 2. The van der Waals surface area contributed by atoms with Gasteiger partial charge in [-0.05, 0) is 19.0 Å². The average Bonchev–Trinajstić information content (AvgIpc) is 3.37. The van der Waals surface area contributed by atoms with Crippen molar-refractivity contribution in [2.75, 3.05) is 19.7 Å². The number of para-hydroxylation sites is 1. The van der Waals surface area contributed by atoms with Gasteiger partial charge in [0.05, 0.1) is 12.1 Å². The predicted molar refractivity (Wildman–Crippen MR) is 103 cm³/mol. The Hall–Kier alpha value is -2.87. The summed E-state index contributed by atoms with van der Waals surface area (Å²) in [5.41, 5.74) is 0.566. The van der Waals surface area contributed by atoms with E-state index in [-0.39, 0.29) is 35.7 Å². The smallest absolute Gasteiger partial charge is 0.330 e. The van der Waals surface area contributed by atoms with E-state index in [9.17, 15) is 14.4 Å². The highest BCUT2D eigenvalue weighted by atomic mass is 16.5. The Morgan fingerprint density at radius 3 is 2.82 bits per heavy atom. The number of nitrogens with zero attached hydrogens (tertiary/aromatic N) is 3. The third-order valence-electron chi connectivity index (χ3n) is 5.61. The van der Waals surface area contributed by atoms with E-state index in [4.69, 9.17) is 4.74 Å². The number of fused-ring (bicyclic) bond motifs is 1. The Labute approximate surface area is 162 Å². The fourth-order valence-corrected chi connectivity index (χ4v) is 4.03. The highest BCUT2D eigenvalue weighted by Gasteiger charge is 2.37. The van der Waals surface area contributed by atoms with Gasteiger partial charge in [0.2, 0.25) is 5.91 Å². The van der Waals surface area contributed by atoms with E-state index in [0.717, 1.165) is 28.8 Å². The van der Waals surface area contributed by atoms with Crippen molar-refractivity contribution in [1.29, 1.82) is 0 Å². The second kappa shape index (κ2) is 7.27. The molecule has 2 aliphatic rings. The highest BCUT2D eigenvalue weighted by molar-refractivity contribution is 5.86. The first kappa shape index (κ1) is 18.5. The van der Waals surface area contributed by atoms with Gasteiger partial charge in [-0.25, -0.2) is 4.79 Å². The molecule has 2 unspecified atom stereocenters. The summed E-state index contributed by atoms with van der Waals surface area (Å²) in [6.45, 7) is 2.00. The van der Waals surface area contributed by atoms with Gasteiger partial charge in [0.25, 0.3) is 5.56 Å². The second-order valence-corrected chi connectivity index (χ2v) is 7.43. The van der Waals surface area contributed by atoms with Gasteiger partial charge in [-0.2, -0.15) is 0 Å². The number of amides is 1. The molecule has 1 saturated heterocycles. The minimum atomic E-state index is -0.382. The molecule has 1 amide bonds. The number of benzene rings is 1. The van der Waals surface area contributed by atoms with Crippen LogP contribution in [0.1, 0.15) is 23.5 Å². The Balaban J connectivity index is 1.69. The van der Waals surface area contributed by atoms with Gasteiger partial charge < -0.3 is 19.5 Å². The van der Waals surface area contributed by atoms with Crippen molar-refractivity contribution in [3.8, 4) is 5.75 Å². The highest BCUT2D eigenvalue weighted by Crippen LogP contribution is 2.35. The number of aryl methyl sites for hydroxylation is 1. The maximum atomic E-state index is 13.5. The Bertz CT molecular complexity index is 1020. The third-order valence-corrected chi connectivity index (χ3v) is 5.61. The van der Waals surface area contributed by atoms with Crippen LogP contribution in [0.3, 0.4) is 0 Å². The summed E-state index contributed by atoms with van der Waals surface area (Å²) in [5, 5.41) is 3.29. The van der Waals surface area contributed by atoms with E-state index < -0.39 is 0 Å². The monoisotopic (exact) mass is 384 g/mol. The van der Waals surface area contributed by atoms with Gasteiger partial charge in [0, 0.05) is 38.4 Å². The summed E-state index contributed by atoms with van der Waals surface area (Å²) in [7, 11) is 3.06. The molecule has 1 N–H and O–H groups in total. The summed E-state index contributed by atoms with van der Waals surface area (Å²) < 4.78 is 8.16. The summed E-state index contributed by atoms with van der Waals surface area (Å²) in [4.78, 5) is 39.9. The first-order valence-electron chi connectivity index (χ1n) is 9.46. The minimum absolute atomic E-state index is 0.00204. The Morgan fingerprint density at radius 2 is 2.07 bits per heavy atom. The van der Waals surface area contributed by atoms with Crippen LogP contribution in [0.2, 0.25) is 0 Å². The van der Waals surface area contributed by atoms with Gasteiger partial charge in [-0.1, -0.05) is 18.2 Å². The molecule has 2 aliphatic heterocycles. The molecular formula is C20H24N4O4. The maximum Gasteiger partial charge on any atom is 0.330 e. The summed E-state index contributed by atoms with van der Waals surface area (Å²) >= 11 is 0. The van der Waals surface area contributed by atoms with Crippen LogP contribution in [0.15, 0.2) is 40.1 Å². The van der Waals surface area contributed by atoms with E-state index in [1.165, 1.54) is 17.8 Å². The van der Waals surface area contributed by atoms with E-state index >= 15 is 0 Å². The fourth-order valence-electron chi connectivity index (χ4n) is 4.03. The number of carbonyl (C=O) groups is 1. The number of ether oxygens (including phenoxy) is 1. The minimum Gasteiger partial charge on any atom is -0.492 e. The quantitative estimate of drug-likeness (QED) is 0.799. The van der Waals surface area contributed by atoms with Gasteiger partial charge in [-0.15, -0.1) is 0 Å². The molecular weight excluding hydrogens is 360 g/mol. The molecule has 1 aromatic carbocycles. The van der Waals surface area contributed by atoms with Gasteiger partial charge in [0.1, 0.15) is 18.3 Å². The van der Waals surface area contributed by atoms with Crippen LogP contribution in [0.4, 0.5) is 0 Å². The lowest BCUT2D eigenvalue weighted by atomic mass is 9.98. The molecule has 0 saturated carbocycles. The predicted octanol–water partition coefficient (Wildman–Crippen LogP) is -0.0493. The lowest BCUT2D eigenvalue weighted by molar-refractivity contribution is -0.135. The topological polar surface area (TPSA) is 85.6 Å². The van der Waals surface area contributed by atoms with Gasteiger partial charge in [0.15, 0.2) is 0 Å². The zero-order chi connectivity index (χ0) is 19.8. The average molecular weight is 384 g/mol.